The van der Waals surface area contributed by atoms with E-state index in [9.17, 15) is 0 Å². The number of hydrogen-bond donors (Lipinski definition) is 0. The Bertz CT molecular complexity index is 443. The van der Waals surface area contributed by atoms with Crippen molar-refractivity contribution in [2.24, 2.45) is 0 Å². The zero-order valence-electron chi connectivity index (χ0n) is 29.9. The van der Waals surface area contributed by atoms with E-state index in [1.54, 1.807) is 0 Å². The van der Waals surface area contributed by atoms with Crippen LogP contribution in [-0.4, -0.2) is 24.0 Å². The zero-order valence-corrected chi connectivity index (χ0v) is 29.9. The Morgan fingerprint density at radius 1 is 0.357 bits per heavy atom. The Morgan fingerprint density at radius 2 is 0.667 bits per heavy atom. The summed E-state index contributed by atoms with van der Waals surface area (Å²) >= 11 is 0. The topological polar surface area (TPSA) is 3.24 Å². The SMILES string of the molecule is CCCCCCCCCCCCCCCCCCC1CCCCN1CCCCCCCCCCCCCCCCCC. The summed E-state index contributed by atoms with van der Waals surface area (Å²) in [7, 11) is 0. The van der Waals surface area contributed by atoms with E-state index >= 15 is 0 Å². The standard InChI is InChI=1S/C41H83N/c1-3-5-7-9-11-13-15-17-19-21-23-25-27-29-31-33-37-41-38-34-36-40-42(41)39-35-32-30-28-26-24-22-20-18-16-14-12-10-8-6-4-2/h41H,3-40H2,1-2H3. The summed E-state index contributed by atoms with van der Waals surface area (Å²) < 4.78 is 0. The van der Waals surface area contributed by atoms with Crippen LogP contribution in [0.15, 0.2) is 0 Å². The maximum Gasteiger partial charge on any atom is 0.00952 e. The van der Waals surface area contributed by atoms with Crippen LogP contribution in [0.5, 0.6) is 0 Å². The van der Waals surface area contributed by atoms with Gasteiger partial charge in [0.15, 0.2) is 0 Å². The molecule has 0 saturated carbocycles. The molecule has 0 aromatic rings. The predicted octanol–water partition coefficient (Wildman–Crippen LogP) is 14.8. The highest BCUT2D eigenvalue weighted by atomic mass is 15.2. The van der Waals surface area contributed by atoms with Crippen molar-refractivity contribution in [2.75, 3.05) is 13.1 Å². The first kappa shape index (κ1) is 40.0. The molecule has 1 atom stereocenters. The van der Waals surface area contributed by atoms with Crippen LogP contribution in [0.2, 0.25) is 0 Å². The summed E-state index contributed by atoms with van der Waals surface area (Å²) in [6.07, 6.45) is 53.1. The number of nitrogens with zero attached hydrogens (tertiary/aromatic N) is 1. The normalized spacial score (nSPS) is 16.0. The monoisotopic (exact) mass is 590 g/mol. The molecular weight excluding hydrogens is 506 g/mol. The van der Waals surface area contributed by atoms with E-state index in [2.05, 4.69) is 18.7 Å². The largest absolute Gasteiger partial charge is 0.300 e. The second-order valence-electron chi connectivity index (χ2n) is 14.6. The maximum absolute atomic E-state index is 2.90. The van der Waals surface area contributed by atoms with E-state index < -0.39 is 0 Å². The molecule has 1 unspecified atom stereocenters. The molecule has 1 heterocycles. The second kappa shape index (κ2) is 33.8. The van der Waals surface area contributed by atoms with Gasteiger partial charge < -0.3 is 4.90 Å². The molecule has 1 fully saturated rings. The first-order valence-electron chi connectivity index (χ1n) is 20.6. The van der Waals surface area contributed by atoms with Crippen LogP contribution in [0.4, 0.5) is 0 Å². The quantitative estimate of drug-likeness (QED) is 0.0675. The molecule has 0 aromatic carbocycles. The molecule has 1 aliphatic rings. The van der Waals surface area contributed by atoms with Gasteiger partial charge in [0, 0.05) is 6.04 Å². The highest BCUT2D eigenvalue weighted by Crippen LogP contribution is 2.23. The lowest BCUT2D eigenvalue weighted by Gasteiger charge is -2.36. The molecule has 0 aromatic heterocycles. The van der Waals surface area contributed by atoms with E-state index in [-0.39, 0.29) is 0 Å². The lowest BCUT2D eigenvalue weighted by atomic mass is 9.95. The molecule has 0 bridgehead atoms. The minimum Gasteiger partial charge on any atom is -0.300 e. The molecule has 252 valence electrons. The number of rotatable bonds is 34. The van der Waals surface area contributed by atoms with E-state index in [4.69, 9.17) is 0 Å². The second-order valence-corrected chi connectivity index (χ2v) is 14.6. The van der Waals surface area contributed by atoms with Crippen molar-refractivity contribution in [2.45, 2.75) is 251 Å². The fourth-order valence-electron chi connectivity index (χ4n) is 7.47. The van der Waals surface area contributed by atoms with Crippen LogP contribution in [0.25, 0.3) is 0 Å². The van der Waals surface area contributed by atoms with Gasteiger partial charge in [-0.3, -0.25) is 0 Å². The molecule has 0 N–H and O–H groups in total. The smallest absolute Gasteiger partial charge is 0.00952 e. The van der Waals surface area contributed by atoms with Crippen LogP contribution in [0.3, 0.4) is 0 Å². The Balaban J connectivity index is 1.84. The van der Waals surface area contributed by atoms with Crippen molar-refractivity contribution in [1.82, 2.24) is 4.90 Å². The van der Waals surface area contributed by atoms with Crippen molar-refractivity contribution < 1.29 is 0 Å². The maximum atomic E-state index is 2.90. The van der Waals surface area contributed by atoms with Crippen LogP contribution in [0.1, 0.15) is 245 Å². The van der Waals surface area contributed by atoms with Crippen molar-refractivity contribution in [1.29, 1.82) is 0 Å². The van der Waals surface area contributed by atoms with Crippen LogP contribution in [0, 0.1) is 0 Å². The molecule has 1 saturated heterocycles. The van der Waals surface area contributed by atoms with Crippen LogP contribution < -0.4 is 0 Å². The Morgan fingerprint density at radius 3 is 1.02 bits per heavy atom. The average Bonchev–Trinajstić information content (AvgIpc) is 3.01. The van der Waals surface area contributed by atoms with Gasteiger partial charge in [0.2, 0.25) is 0 Å². The fraction of sp³-hybridized carbons (Fsp3) is 1.00. The molecule has 1 heteroatoms. The van der Waals surface area contributed by atoms with Gasteiger partial charge in [-0.1, -0.05) is 219 Å². The number of piperidine rings is 1. The lowest BCUT2D eigenvalue weighted by molar-refractivity contribution is 0.135. The summed E-state index contributed by atoms with van der Waals surface area (Å²) in [6.45, 7) is 7.41. The molecule has 0 aliphatic carbocycles. The minimum absolute atomic E-state index is 0.918. The van der Waals surface area contributed by atoms with Gasteiger partial charge in [0.25, 0.3) is 0 Å². The van der Waals surface area contributed by atoms with Gasteiger partial charge in [-0.2, -0.15) is 0 Å². The highest BCUT2D eigenvalue weighted by molar-refractivity contribution is 4.77. The Hall–Kier alpha value is -0.0400. The molecular formula is C41H83N. The molecule has 0 radical (unpaired) electrons. The van der Waals surface area contributed by atoms with Gasteiger partial charge in [-0.05, 0) is 38.8 Å². The number of likely N-dealkylation sites (tertiary alicyclic amines) is 1. The highest BCUT2D eigenvalue weighted by Gasteiger charge is 2.21. The van der Waals surface area contributed by atoms with Crippen LogP contribution >= 0.6 is 0 Å². The molecule has 42 heavy (non-hydrogen) atoms. The summed E-state index contributed by atoms with van der Waals surface area (Å²) in [4.78, 5) is 2.90. The number of unbranched alkanes of at least 4 members (excludes halogenated alkanes) is 30. The first-order chi connectivity index (χ1) is 20.9. The van der Waals surface area contributed by atoms with Crippen LogP contribution in [-0.2, 0) is 0 Å². The number of hydrogen-bond acceptors (Lipinski definition) is 1. The summed E-state index contributed by atoms with van der Waals surface area (Å²) in [5.74, 6) is 0. The summed E-state index contributed by atoms with van der Waals surface area (Å²) in [6, 6.07) is 0.918. The summed E-state index contributed by atoms with van der Waals surface area (Å²) in [5, 5.41) is 0. The van der Waals surface area contributed by atoms with Crippen molar-refractivity contribution in [3.8, 4) is 0 Å². The first-order valence-corrected chi connectivity index (χ1v) is 20.6. The summed E-state index contributed by atoms with van der Waals surface area (Å²) in [5.41, 5.74) is 0. The Kier molecular flexibility index (Phi) is 32.2. The Labute approximate surface area is 268 Å². The third-order valence-corrected chi connectivity index (χ3v) is 10.4. The van der Waals surface area contributed by atoms with Gasteiger partial charge in [-0.25, -0.2) is 0 Å². The van der Waals surface area contributed by atoms with Gasteiger partial charge >= 0.3 is 0 Å². The molecule has 0 spiro atoms. The molecule has 1 rings (SSSR count). The third kappa shape index (κ3) is 27.5. The average molecular weight is 590 g/mol. The zero-order chi connectivity index (χ0) is 30.0. The van der Waals surface area contributed by atoms with Gasteiger partial charge in [0.05, 0.1) is 0 Å². The molecule has 0 amide bonds. The van der Waals surface area contributed by atoms with E-state index in [0.717, 1.165) is 6.04 Å². The van der Waals surface area contributed by atoms with E-state index in [1.165, 1.54) is 244 Å². The third-order valence-electron chi connectivity index (χ3n) is 10.4. The van der Waals surface area contributed by atoms with E-state index in [1.807, 2.05) is 0 Å². The predicted molar refractivity (Wildman–Crippen MR) is 193 cm³/mol. The fourth-order valence-corrected chi connectivity index (χ4v) is 7.47. The van der Waals surface area contributed by atoms with E-state index in [0.29, 0.717) is 0 Å². The minimum atomic E-state index is 0.918. The van der Waals surface area contributed by atoms with Crippen molar-refractivity contribution in [3.63, 3.8) is 0 Å². The van der Waals surface area contributed by atoms with Crippen molar-refractivity contribution in [3.05, 3.63) is 0 Å². The lowest BCUT2D eigenvalue weighted by Crippen LogP contribution is -2.40. The molecule has 1 nitrogen and oxygen atoms in total. The van der Waals surface area contributed by atoms with Gasteiger partial charge in [0.1, 0.15) is 0 Å². The molecule has 1 aliphatic heterocycles. The van der Waals surface area contributed by atoms with Gasteiger partial charge in [-0.15, -0.1) is 0 Å². The van der Waals surface area contributed by atoms with Crippen molar-refractivity contribution >= 4 is 0 Å².